The monoisotopic (exact) mass is 193 g/mol. The second-order valence-corrected chi connectivity index (χ2v) is 2.85. The summed E-state index contributed by atoms with van der Waals surface area (Å²) in [4.78, 5) is 10.6. The number of hydroxylamine groups is 1. The van der Waals surface area contributed by atoms with Gasteiger partial charge >= 0.3 is 5.97 Å². The van der Waals surface area contributed by atoms with Crippen molar-refractivity contribution in [2.24, 2.45) is 0 Å². The van der Waals surface area contributed by atoms with E-state index in [0.717, 1.165) is 0 Å². The normalized spacial score (nSPS) is 39.3. The van der Waals surface area contributed by atoms with E-state index >= 15 is 0 Å². The van der Waals surface area contributed by atoms with Crippen LogP contribution in [0.5, 0.6) is 0 Å². The molecule has 0 aromatic carbocycles. The van der Waals surface area contributed by atoms with E-state index in [0.29, 0.717) is 0 Å². The van der Waals surface area contributed by atoms with Crippen LogP contribution in [0, 0.1) is 0 Å². The standard InChI is InChI=1S/C6H11NO6/c8-2-4-3(9)1-6(7-12,13-4)5(10)11/h3-4,7-9,12H,1-2H2,(H,10,11)/t3-,4?,6?/m1/s1. The third-order valence-electron chi connectivity index (χ3n) is 1.98. The Hall–Kier alpha value is -0.730. The molecule has 7 heteroatoms. The molecule has 1 aliphatic rings. The Labute approximate surface area is 73.5 Å². The van der Waals surface area contributed by atoms with Gasteiger partial charge in [0.1, 0.15) is 6.10 Å². The van der Waals surface area contributed by atoms with Crippen molar-refractivity contribution >= 4 is 5.97 Å². The van der Waals surface area contributed by atoms with E-state index in [4.69, 9.17) is 20.2 Å². The fourth-order valence-corrected chi connectivity index (χ4v) is 1.23. The number of carbonyl (C=O) groups is 1. The topological polar surface area (TPSA) is 119 Å². The molecule has 0 bridgehead atoms. The number of aliphatic hydroxyl groups is 2. The molecule has 0 amide bonds. The largest absolute Gasteiger partial charge is 0.478 e. The summed E-state index contributed by atoms with van der Waals surface area (Å²) in [6.45, 7) is -0.502. The number of aliphatic hydroxyl groups excluding tert-OH is 2. The summed E-state index contributed by atoms with van der Waals surface area (Å²) in [6.07, 6.45) is -2.42. The molecule has 0 aliphatic carbocycles. The van der Waals surface area contributed by atoms with Gasteiger partial charge in [-0.25, -0.2) is 4.79 Å². The molecule has 0 saturated carbocycles. The lowest BCUT2D eigenvalue weighted by molar-refractivity contribution is -0.188. The SMILES string of the molecule is O=C(O)C1(NO)C[C@@H](O)C(CO)O1. The van der Waals surface area contributed by atoms with Crippen LogP contribution in [0.25, 0.3) is 0 Å². The van der Waals surface area contributed by atoms with Gasteiger partial charge in [-0.05, 0) is 0 Å². The van der Waals surface area contributed by atoms with Gasteiger partial charge < -0.3 is 25.3 Å². The summed E-state index contributed by atoms with van der Waals surface area (Å²) >= 11 is 0. The van der Waals surface area contributed by atoms with Gasteiger partial charge in [-0.15, -0.1) is 0 Å². The zero-order valence-electron chi connectivity index (χ0n) is 6.67. The average Bonchev–Trinajstić information content (AvgIpc) is 2.43. The molecular weight excluding hydrogens is 182 g/mol. The molecule has 2 unspecified atom stereocenters. The van der Waals surface area contributed by atoms with Crippen LogP contribution in [0.1, 0.15) is 6.42 Å². The van der Waals surface area contributed by atoms with Gasteiger partial charge in [-0.2, -0.15) is 5.48 Å². The highest BCUT2D eigenvalue weighted by Gasteiger charge is 2.51. The van der Waals surface area contributed by atoms with E-state index in [9.17, 15) is 9.90 Å². The van der Waals surface area contributed by atoms with Gasteiger partial charge in [0, 0.05) is 6.42 Å². The second kappa shape index (κ2) is 3.56. The van der Waals surface area contributed by atoms with Crippen molar-refractivity contribution in [3.05, 3.63) is 0 Å². The number of hydrogen-bond donors (Lipinski definition) is 5. The maximum Gasteiger partial charge on any atom is 0.353 e. The Morgan fingerprint density at radius 1 is 1.69 bits per heavy atom. The molecule has 13 heavy (non-hydrogen) atoms. The van der Waals surface area contributed by atoms with Crippen LogP contribution < -0.4 is 5.48 Å². The highest BCUT2D eigenvalue weighted by Crippen LogP contribution is 2.28. The summed E-state index contributed by atoms with van der Waals surface area (Å²) in [5, 5.41) is 35.1. The molecule has 0 spiro atoms. The quantitative estimate of drug-likeness (QED) is 0.325. The number of aliphatic carboxylic acids is 1. The van der Waals surface area contributed by atoms with E-state index in [2.05, 4.69) is 0 Å². The fraction of sp³-hybridized carbons (Fsp3) is 0.833. The zero-order valence-corrected chi connectivity index (χ0v) is 6.67. The van der Waals surface area contributed by atoms with Gasteiger partial charge in [0.2, 0.25) is 5.72 Å². The molecular formula is C6H11NO6. The maximum atomic E-state index is 10.6. The van der Waals surface area contributed by atoms with Crippen LogP contribution in [-0.2, 0) is 9.53 Å². The fourth-order valence-electron chi connectivity index (χ4n) is 1.23. The number of carboxylic acids is 1. The van der Waals surface area contributed by atoms with E-state index in [1.54, 1.807) is 0 Å². The van der Waals surface area contributed by atoms with Crippen LogP contribution in [-0.4, -0.2) is 51.0 Å². The first-order valence-corrected chi connectivity index (χ1v) is 3.67. The molecule has 0 radical (unpaired) electrons. The van der Waals surface area contributed by atoms with Crippen molar-refractivity contribution in [1.82, 2.24) is 5.48 Å². The lowest BCUT2D eigenvalue weighted by Gasteiger charge is -2.21. The third-order valence-corrected chi connectivity index (χ3v) is 1.98. The van der Waals surface area contributed by atoms with Gasteiger partial charge in [0.05, 0.1) is 12.7 Å². The molecule has 1 aliphatic heterocycles. The van der Waals surface area contributed by atoms with E-state index in [-0.39, 0.29) is 6.42 Å². The Bertz CT molecular complexity index is 209. The summed E-state index contributed by atoms with van der Waals surface area (Å²) < 4.78 is 4.76. The van der Waals surface area contributed by atoms with E-state index in [1.165, 1.54) is 5.48 Å². The average molecular weight is 193 g/mol. The number of carboxylic acid groups (broad SMARTS) is 1. The van der Waals surface area contributed by atoms with Crippen molar-refractivity contribution in [3.8, 4) is 0 Å². The van der Waals surface area contributed by atoms with Crippen molar-refractivity contribution in [3.63, 3.8) is 0 Å². The third kappa shape index (κ3) is 1.64. The van der Waals surface area contributed by atoms with Gasteiger partial charge in [0.25, 0.3) is 0 Å². The van der Waals surface area contributed by atoms with E-state index in [1.807, 2.05) is 0 Å². The first-order chi connectivity index (χ1) is 6.05. The first-order valence-electron chi connectivity index (χ1n) is 3.67. The maximum absolute atomic E-state index is 10.6. The molecule has 5 N–H and O–H groups in total. The van der Waals surface area contributed by atoms with Crippen LogP contribution in [0.4, 0.5) is 0 Å². The van der Waals surface area contributed by atoms with Crippen LogP contribution in [0.2, 0.25) is 0 Å². The van der Waals surface area contributed by atoms with Gasteiger partial charge in [-0.1, -0.05) is 0 Å². The predicted octanol–water partition coefficient (Wildman–Crippen LogP) is -2.11. The molecule has 0 aromatic rings. The number of nitrogens with one attached hydrogen (secondary N) is 1. The second-order valence-electron chi connectivity index (χ2n) is 2.85. The molecule has 1 fully saturated rings. The lowest BCUT2D eigenvalue weighted by atomic mass is 10.1. The Balaban J connectivity index is 2.77. The summed E-state index contributed by atoms with van der Waals surface area (Å²) in [7, 11) is 0. The lowest BCUT2D eigenvalue weighted by Crippen LogP contribution is -2.51. The van der Waals surface area contributed by atoms with Crippen molar-refractivity contribution in [2.45, 2.75) is 24.4 Å². The van der Waals surface area contributed by atoms with Crippen LogP contribution in [0.15, 0.2) is 0 Å². The molecule has 7 nitrogen and oxygen atoms in total. The van der Waals surface area contributed by atoms with Crippen molar-refractivity contribution < 1.29 is 30.1 Å². The van der Waals surface area contributed by atoms with Crippen LogP contribution >= 0.6 is 0 Å². The molecule has 1 rings (SSSR count). The molecule has 1 saturated heterocycles. The van der Waals surface area contributed by atoms with Crippen LogP contribution in [0.3, 0.4) is 0 Å². The number of hydrogen-bond acceptors (Lipinski definition) is 6. The summed E-state index contributed by atoms with van der Waals surface area (Å²) in [6, 6.07) is 0. The van der Waals surface area contributed by atoms with Gasteiger partial charge in [-0.3, -0.25) is 0 Å². The molecule has 3 atom stereocenters. The number of ether oxygens (including phenoxy) is 1. The van der Waals surface area contributed by atoms with Crippen molar-refractivity contribution in [2.75, 3.05) is 6.61 Å². The highest BCUT2D eigenvalue weighted by atomic mass is 16.6. The summed E-state index contributed by atoms with van der Waals surface area (Å²) in [5.74, 6) is -1.44. The first kappa shape index (κ1) is 10.4. The highest BCUT2D eigenvalue weighted by molar-refractivity contribution is 5.77. The summed E-state index contributed by atoms with van der Waals surface area (Å²) in [5.41, 5.74) is -0.528. The Morgan fingerprint density at radius 2 is 2.31 bits per heavy atom. The smallest absolute Gasteiger partial charge is 0.353 e. The Kier molecular flexibility index (Phi) is 2.84. The van der Waals surface area contributed by atoms with Crippen molar-refractivity contribution in [1.29, 1.82) is 0 Å². The Morgan fingerprint density at radius 3 is 2.54 bits per heavy atom. The molecule has 76 valence electrons. The minimum Gasteiger partial charge on any atom is -0.478 e. The minimum absolute atomic E-state index is 0.315. The van der Waals surface area contributed by atoms with E-state index < -0.39 is 30.5 Å². The predicted molar refractivity (Wildman–Crippen MR) is 37.9 cm³/mol. The number of rotatable bonds is 3. The minimum atomic E-state index is -2.01. The molecule has 1 heterocycles. The molecule has 0 aromatic heterocycles. The zero-order chi connectivity index (χ0) is 10.1. The van der Waals surface area contributed by atoms with Gasteiger partial charge in [0.15, 0.2) is 0 Å².